The van der Waals surface area contributed by atoms with Gasteiger partial charge in [0, 0.05) is 50.2 Å². The Bertz CT molecular complexity index is 758. The maximum atomic E-state index is 5.46. The monoisotopic (exact) mass is 388 g/mol. The topological polar surface area (TPSA) is 49.9 Å². The fourth-order valence-electron chi connectivity index (χ4n) is 3.53. The van der Waals surface area contributed by atoms with Crippen LogP contribution in [0.25, 0.3) is 10.6 Å². The molecule has 1 atom stereocenters. The van der Waals surface area contributed by atoms with E-state index in [1.807, 2.05) is 18.2 Å². The van der Waals surface area contributed by atoms with Gasteiger partial charge in [-0.1, -0.05) is 6.92 Å². The van der Waals surface area contributed by atoms with Crippen LogP contribution in [0.2, 0.25) is 0 Å². The van der Waals surface area contributed by atoms with E-state index in [9.17, 15) is 0 Å². The van der Waals surface area contributed by atoms with E-state index >= 15 is 0 Å². The summed E-state index contributed by atoms with van der Waals surface area (Å²) < 4.78 is 10.8. The van der Waals surface area contributed by atoms with Crippen molar-refractivity contribution in [3.63, 3.8) is 0 Å². The lowest BCUT2D eigenvalue weighted by Gasteiger charge is -2.34. The van der Waals surface area contributed by atoms with Gasteiger partial charge in [-0.05, 0) is 37.7 Å². The second kappa shape index (κ2) is 8.56. The molecule has 1 fully saturated rings. The summed E-state index contributed by atoms with van der Waals surface area (Å²) in [6, 6.07) is 6.01. The minimum Gasteiger partial charge on any atom is -0.454 e. The standard InChI is InChI=1S/C20H28N4O2S/c1-15(12-24-7-5-23(2)6-8-24)10-21-11-17-13-27-20(22-17)16-3-4-18-19(9-16)26-14-25-18/h3-4,9,13,15,21H,5-8,10-12,14H2,1-2H3. The predicted octanol–water partition coefficient (Wildman–Crippen LogP) is 2.51. The van der Waals surface area contributed by atoms with Crippen molar-refractivity contribution in [2.45, 2.75) is 13.5 Å². The Morgan fingerprint density at radius 3 is 2.85 bits per heavy atom. The molecule has 0 saturated carbocycles. The Morgan fingerprint density at radius 1 is 1.19 bits per heavy atom. The van der Waals surface area contributed by atoms with Gasteiger partial charge in [-0.25, -0.2) is 4.98 Å². The summed E-state index contributed by atoms with van der Waals surface area (Å²) in [6.07, 6.45) is 0. The number of ether oxygens (including phenoxy) is 2. The highest BCUT2D eigenvalue weighted by molar-refractivity contribution is 7.13. The van der Waals surface area contributed by atoms with Gasteiger partial charge in [0.25, 0.3) is 0 Å². The average Bonchev–Trinajstić information content (AvgIpc) is 3.32. The predicted molar refractivity (Wildman–Crippen MR) is 108 cm³/mol. The summed E-state index contributed by atoms with van der Waals surface area (Å²) in [4.78, 5) is 9.75. The molecular weight excluding hydrogens is 360 g/mol. The molecule has 0 spiro atoms. The van der Waals surface area contributed by atoms with E-state index in [2.05, 4.69) is 34.5 Å². The normalized spacial score (nSPS) is 18.7. The van der Waals surface area contributed by atoms with Crippen molar-refractivity contribution >= 4 is 11.3 Å². The lowest BCUT2D eigenvalue weighted by molar-refractivity contribution is 0.138. The fourth-order valence-corrected chi connectivity index (χ4v) is 4.35. The molecule has 0 aliphatic carbocycles. The number of hydrogen-bond donors (Lipinski definition) is 1. The minimum absolute atomic E-state index is 0.304. The molecule has 1 N–H and O–H groups in total. The van der Waals surface area contributed by atoms with Crippen molar-refractivity contribution < 1.29 is 9.47 Å². The van der Waals surface area contributed by atoms with Crippen LogP contribution < -0.4 is 14.8 Å². The van der Waals surface area contributed by atoms with Gasteiger partial charge in [0.05, 0.1) is 5.69 Å². The van der Waals surface area contributed by atoms with E-state index in [0.717, 1.165) is 40.9 Å². The zero-order chi connectivity index (χ0) is 18.6. The molecule has 146 valence electrons. The summed E-state index contributed by atoms with van der Waals surface area (Å²) in [7, 11) is 2.20. The van der Waals surface area contributed by atoms with Gasteiger partial charge in [0.15, 0.2) is 11.5 Å². The third-order valence-corrected chi connectivity index (χ3v) is 6.08. The number of piperazine rings is 1. The number of hydrogen-bond acceptors (Lipinski definition) is 7. The van der Waals surface area contributed by atoms with Gasteiger partial charge in [0.1, 0.15) is 5.01 Å². The van der Waals surface area contributed by atoms with Crippen molar-refractivity contribution in [1.82, 2.24) is 20.1 Å². The molecule has 1 aromatic carbocycles. The number of fused-ring (bicyclic) bond motifs is 1. The molecule has 2 aliphatic heterocycles. The lowest BCUT2D eigenvalue weighted by Crippen LogP contribution is -2.46. The van der Waals surface area contributed by atoms with Gasteiger partial charge in [-0.15, -0.1) is 11.3 Å². The molecule has 4 rings (SSSR count). The van der Waals surface area contributed by atoms with Crippen molar-refractivity contribution in [3.05, 3.63) is 29.3 Å². The van der Waals surface area contributed by atoms with E-state index in [1.54, 1.807) is 11.3 Å². The number of nitrogens with one attached hydrogen (secondary N) is 1. The van der Waals surface area contributed by atoms with Crippen LogP contribution in [0.4, 0.5) is 0 Å². The van der Waals surface area contributed by atoms with E-state index < -0.39 is 0 Å². The summed E-state index contributed by atoms with van der Waals surface area (Å²) in [6.45, 7) is 10.4. The smallest absolute Gasteiger partial charge is 0.231 e. The Morgan fingerprint density at radius 2 is 2.00 bits per heavy atom. The quantitative estimate of drug-likeness (QED) is 0.787. The van der Waals surface area contributed by atoms with Crippen LogP contribution in [0.3, 0.4) is 0 Å². The van der Waals surface area contributed by atoms with Crippen LogP contribution >= 0.6 is 11.3 Å². The van der Waals surface area contributed by atoms with Crippen LogP contribution in [-0.2, 0) is 6.54 Å². The maximum absolute atomic E-state index is 5.46. The number of benzene rings is 1. The molecule has 2 aromatic rings. The molecule has 1 unspecified atom stereocenters. The van der Waals surface area contributed by atoms with Gasteiger partial charge in [-0.2, -0.15) is 0 Å². The second-order valence-electron chi connectivity index (χ2n) is 7.55. The highest BCUT2D eigenvalue weighted by Crippen LogP contribution is 2.36. The van der Waals surface area contributed by atoms with E-state index in [1.165, 1.54) is 32.7 Å². The van der Waals surface area contributed by atoms with Crippen LogP contribution in [0.5, 0.6) is 11.5 Å². The van der Waals surface area contributed by atoms with Crippen molar-refractivity contribution in [3.8, 4) is 22.1 Å². The third-order valence-electron chi connectivity index (χ3n) is 5.14. The molecule has 1 saturated heterocycles. The fraction of sp³-hybridized carbons (Fsp3) is 0.550. The molecular formula is C20H28N4O2S. The molecule has 1 aromatic heterocycles. The molecule has 6 nitrogen and oxygen atoms in total. The first-order valence-corrected chi connectivity index (χ1v) is 10.5. The van der Waals surface area contributed by atoms with Crippen LogP contribution in [0, 0.1) is 5.92 Å². The summed E-state index contributed by atoms with van der Waals surface area (Å²) in [5, 5.41) is 6.73. The summed E-state index contributed by atoms with van der Waals surface area (Å²) in [5.41, 5.74) is 2.18. The highest BCUT2D eigenvalue weighted by Gasteiger charge is 2.17. The lowest BCUT2D eigenvalue weighted by atomic mass is 10.1. The first kappa shape index (κ1) is 18.7. The van der Waals surface area contributed by atoms with E-state index in [4.69, 9.17) is 14.5 Å². The number of aromatic nitrogens is 1. The Kier molecular flexibility index (Phi) is 5.92. The van der Waals surface area contributed by atoms with Crippen molar-refractivity contribution in [2.75, 3.05) is 53.1 Å². The largest absolute Gasteiger partial charge is 0.454 e. The maximum Gasteiger partial charge on any atom is 0.231 e. The zero-order valence-corrected chi connectivity index (χ0v) is 16.9. The average molecular weight is 389 g/mol. The molecule has 2 aliphatic rings. The zero-order valence-electron chi connectivity index (χ0n) is 16.1. The van der Waals surface area contributed by atoms with Crippen LogP contribution in [0.1, 0.15) is 12.6 Å². The number of rotatable bonds is 7. The van der Waals surface area contributed by atoms with E-state index in [0.29, 0.717) is 12.7 Å². The van der Waals surface area contributed by atoms with Gasteiger partial charge in [-0.3, -0.25) is 0 Å². The first-order valence-electron chi connectivity index (χ1n) is 9.63. The number of thiazole rings is 1. The molecule has 27 heavy (non-hydrogen) atoms. The van der Waals surface area contributed by atoms with Gasteiger partial charge in [0.2, 0.25) is 6.79 Å². The van der Waals surface area contributed by atoms with E-state index in [-0.39, 0.29) is 0 Å². The summed E-state index contributed by atoms with van der Waals surface area (Å²) >= 11 is 1.68. The molecule has 0 bridgehead atoms. The third kappa shape index (κ3) is 4.79. The van der Waals surface area contributed by atoms with Crippen molar-refractivity contribution in [2.24, 2.45) is 5.92 Å². The number of likely N-dealkylation sites (N-methyl/N-ethyl adjacent to an activating group) is 1. The molecule has 0 amide bonds. The summed E-state index contributed by atoms with van der Waals surface area (Å²) in [5.74, 6) is 2.26. The Hall–Kier alpha value is -1.67. The molecule has 0 radical (unpaired) electrons. The minimum atomic E-state index is 0.304. The Labute approximate surface area is 165 Å². The first-order chi connectivity index (χ1) is 13.2. The van der Waals surface area contributed by atoms with Gasteiger partial charge < -0.3 is 24.6 Å². The highest BCUT2D eigenvalue weighted by atomic mass is 32.1. The Balaban J connectivity index is 1.24. The van der Waals surface area contributed by atoms with Gasteiger partial charge >= 0.3 is 0 Å². The molecule has 3 heterocycles. The molecule has 7 heteroatoms. The van der Waals surface area contributed by atoms with Crippen LogP contribution in [-0.4, -0.2) is 67.9 Å². The van der Waals surface area contributed by atoms with Crippen LogP contribution in [0.15, 0.2) is 23.6 Å². The SMILES string of the molecule is CC(CNCc1csc(-c2ccc3c(c2)OCO3)n1)CN1CCN(C)CC1. The number of nitrogens with zero attached hydrogens (tertiary/aromatic N) is 3. The second-order valence-corrected chi connectivity index (χ2v) is 8.41. The van der Waals surface area contributed by atoms with Crippen molar-refractivity contribution in [1.29, 1.82) is 0 Å².